The molecule has 0 saturated carbocycles. The molecular formula is C16H20N2O2. The largest absolute Gasteiger partial charge is 0.440 e. The average molecular weight is 272 g/mol. The van der Waals surface area contributed by atoms with E-state index in [0.717, 1.165) is 17.7 Å². The molecule has 4 heteroatoms. The van der Waals surface area contributed by atoms with Crippen LogP contribution in [0.25, 0.3) is 11.5 Å². The topological polar surface area (TPSA) is 55.1 Å². The van der Waals surface area contributed by atoms with Crippen LogP contribution in [0.2, 0.25) is 0 Å². The second-order valence-electron chi connectivity index (χ2n) is 4.95. The molecule has 0 bridgehead atoms. The maximum Gasteiger partial charge on any atom is 0.227 e. The zero-order valence-electron chi connectivity index (χ0n) is 12.1. The lowest BCUT2D eigenvalue weighted by Gasteiger charge is -2.10. The molecule has 0 saturated heterocycles. The minimum atomic E-state index is -0.0294. The Bertz CT molecular complexity index is 575. The molecule has 2 rings (SSSR count). The van der Waals surface area contributed by atoms with Crippen LogP contribution >= 0.6 is 0 Å². The van der Waals surface area contributed by atoms with Crippen LogP contribution in [-0.2, 0) is 11.2 Å². The van der Waals surface area contributed by atoms with Gasteiger partial charge in [0.2, 0.25) is 11.8 Å². The standard InChI is InChI=1S/C16H20N2O2/c1-4-11(2)17-15(19)10-14-12(3)18-16(20-14)13-8-6-5-7-9-13/h5-9,11H,4,10H2,1-3H3,(H,17,19). The van der Waals surface area contributed by atoms with Crippen molar-refractivity contribution in [3.05, 3.63) is 41.8 Å². The molecule has 1 heterocycles. The third kappa shape index (κ3) is 3.47. The number of amides is 1. The van der Waals surface area contributed by atoms with E-state index in [0.29, 0.717) is 11.7 Å². The molecule has 0 fully saturated rings. The third-order valence-corrected chi connectivity index (χ3v) is 3.25. The second-order valence-corrected chi connectivity index (χ2v) is 4.95. The van der Waals surface area contributed by atoms with Crippen molar-refractivity contribution >= 4 is 5.91 Å². The molecule has 1 unspecified atom stereocenters. The number of rotatable bonds is 5. The van der Waals surface area contributed by atoms with Crippen LogP contribution in [0.3, 0.4) is 0 Å². The number of oxazole rings is 1. The molecule has 0 aliphatic rings. The van der Waals surface area contributed by atoms with E-state index in [1.165, 1.54) is 0 Å². The molecular weight excluding hydrogens is 252 g/mol. The second kappa shape index (κ2) is 6.37. The van der Waals surface area contributed by atoms with Gasteiger partial charge in [-0.05, 0) is 32.4 Å². The Hall–Kier alpha value is -2.10. The van der Waals surface area contributed by atoms with E-state index in [2.05, 4.69) is 10.3 Å². The first-order valence-corrected chi connectivity index (χ1v) is 6.91. The third-order valence-electron chi connectivity index (χ3n) is 3.25. The van der Waals surface area contributed by atoms with Crippen molar-refractivity contribution in [1.29, 1.82) is 0 Å². The van der Waals surface area contributed by atoms with E-state index >= 15 is 0 Å². The Morgan fingerprint density at radius 3 is 2.70 bits per heavy atom. The minimum Gasteiger partial charge on any atom is -0.440 e. The first-order valence-electron chi connectivity index (χ1n) is 6.91. The lowest BCUT2D eigenvalue weighted by atomic mass is 10.2. The monoisotopic (exact) mass is 272 g/mol. The van der Waals surface area contributed by atoms with Gasteiger partial charge in [-0.1, -0.05) is 25.1 Å². The van der Waals surface area contributed by atoms with Gasteiger partial charge in [0.15, 0.2) is 0 Å². The summed E-state index contributed by atoms with van der Waals surface area (Å²) in [6.07, 6.45) is 1.15. The predicted octanol–water partition coefficient (Wildman–Crippen LogP) is 3.11. The molecule has 0 radical (unpaired) electrons. The summed E-state index contributed by atoms with van der Waals surface area (Å²) in [6, 6.07) is 9.87. The maximum atomic E-state index is 11.9. The summed E-state index contributed by atoms with van der Waals surface area (Å²) in [5.74, 6) is 1.16. The highest BCUT2D eigenvalue weighted by atomic mass is 16.4. The molecule has 1 aromatic carbocycles. The summed E-state index contributed by atoms with van der Waals surface area (Å²) in [5, 5.41) is 2.93. The number of benzene rings is 1. The molecule has 1 N–H and O–H groups in total. The van der Waals surface area contributed by atoms with E-state index in [1.54, 1.807) is 0 Å². The van der Waals surface area contributed by atoms with Crippen molar-refractivity contribution in [3.63, 3.8) is 0 Å². The number of aromatic nitrogens is 1. The Morgan fingerprint density at radius 1 is 1.35 bits per heavy atom. The fraction of sp³-hybridized carbons (Fsp3) is 0.375. The summed E-state index contributed by atoms with van der Waals surface area (Å²) >= 11 is 0. The van der Waals surface area contributed by atoms with Gasteiger partial charge >= 0.3 is 0 Å². The van der Waals surface area contributed by atoms with E-state index in [-0.39, 0.29) is 18.4 Å². The number of nitrogens with one attached hydrogen (secondary N) is 1. The lowest BCUT2D eigenvalue weighted by molar-refractivity contribution is -0.121. The maximum absolute atomic E-state index is 11.9. The van der Waals surface area contributed by atoms with Gasteiger partial charge < -0.3 is 9.73 Å². The van der Waals surface area contributed by atoms with Crippen LogP contribution in [0.4, 0.5) is 0 Å². The number of hydrogen-bond acceptors (Lipinski definition) is 3. The average Bonchev–Trinajstić information content (AvgIpc) is 2.81. The summed E-state index contributed by atoms with van der Waals surface area (Å²) < 4.78 is 5.71. The number of aryl methyl sites for hydroxylation is 1. The Morgan fingerprint density at radius 2 is 2.05 bits per heavy atom. The van der Waals surface area contributed by atoms with Crippen LogP contribution in [0.1, 0.15) is 31.7 Å². The van der Waals surface area contributed by atoms with Crippen LogP contribution in [-0.4, -0.2) is 16.9 Å². The van der Waals surface area contributed by atoms with Gasteiger partial charge in [-0.3, -0.25) is 4.79 Å². The fourth-order valence-electron chi connectivity index (χ4n) is 1.87. The normalized spacial score (nSPS) is 12.2. The lowest BCUT2D eigenvalue weighted by Crippen LogP contribution is -2.33. The van der Waals surface area contributed by atoms with Crippen LogP contribution < -0.4 is 5.32 Å². The van der Waals surface area contributed by atoms with E-state index < -0.39 is 0 Å². The summed E-state index contributed by atoms with van der Waals surface area (Å²) in [6.45, 7) is 5.89. The molecule has 1 atom stereocenters. The predicted molar refractivity (Wildman–Crippen MR) is 78.3 cm³/mol. The molecule has 106 valence electrons. The van der Waals surface area contributed by atoms with Gasteiger partial charge in [0.25, 0.3) is 0 Å². The molecule has 1 aromatic heterocycles. The van der Waals surface area contributed by atoms with Crippen LogP contribution in [0.15, 0.2) is 34.7 Å². The Balaban J connectivity index is 2.10. The smallest absolute Gasteiger partial charge is 0.227 e. The van der Waals surface area contributed by atoms with Gasteiger partial charge in [-0.25, -0.2) is 4.98 Å². The van der Waals surface area contributed by atoms with Gasteiger partial charge in [0.05, 0.1) is 12.1 Å². The van der Waals surface area contributed by atoms with Crippen molar-refractivity contribution < 1.29 is 9.21 Å². The molecule has 1 amide bonds. The van der Waals surface area contributed by atoms with E-state index in [4.69, 9.17) is 4.42 Å². The molecule has 0 aliphatic carbocycles. The molecule has 0 aliphatic heterocycles. The molecule has 4 nitrogen and oxygen atoms in total. The quantitative estimate of drug-likeness (QED) is 0.910. The minimum absolute atomic E-state index is 0.0294. The zero-order chi connectivity index (χ0) is 14.5. The van der Waals surface area contributed by atoms with Crippen molar-refractivity contribution in [3.8, 4) is 11.5 Å². The first kappa shape index (κ1) is 14.3. The Labute approximate surface area is 119 Å². The highest BCUT2D eigenvalue weighted by Crippen LogP contribution is 2.21. The summed E-state index contributed by atoms with van der Waals surface area (Å²) in [5.41, 5.74) is 1.69. The number of carbonyl (C=O) groups is 1. The van der Waals surface area contributed by atoms with Gasteiger partial charge in [-0.2, -0.15) is 0 Å². The fourth-order valence-corrected chi connectivity index (χ4v) is 1.87. The highest BCUT2D eigenvalue weighted by molar-refractivity contribution is 5.78. The number of carbonyl (C=O) groups excluding carboxylic acids is 1. The number of nitrogens with zero attached hydrogens (tertiary/aromatic N) is 1. The van der Waals surface area contributed by atoms with Crippen LogP contribution in [0, 0.1) is 6.92 Å². The van der Waals surface area contributed by atoms with Crippen molar-refractivity contribution in [2.75, 3.05) is 0 Å². The highest BCUT2D eigenvalue weighted by Gasteiger charge is 2.15. The Kier molecular flexibility index (Phi) is 4.56. The molecule has 0 spiro atoms. The van der Waals surface area contributed by atoms with Crippen molar-refractivity contribution in [1.82, 2.24) is 10.3 Å². The molecule has 2 aromatic rings. The van der Waals surface area contributed by atoms with Crippen LogP contribution in [0.5, 0.6) is 0 Å². The van der Waals surface area contributed by atoms with E-state index in [1.807, 2.05) is 51.1 Å². The number of hydrogen-bond donors (Lipinski definition) is 1. The summed E-state index contributed by atoms with van der Waals surface area (Å²) in [4.78, 5) is 16.3. The van der Waals surface area contributed by atoms with Gasteiger partial charge in [-0.15, -0.1) is 0 Å². The zero-order valence-corrected chi connectivity index (χ0v) is 12.1. The van der Waals surface area contributed by atoms with Gasteiger partial charge in [0, 0.05) is 11.6 Å². The van der Waals surface area contributed by atoms with Crippen molar-refractivity contribution in [2.24, 2.45) is 0 Å². The van der Waals surface area contributed by atoms with E-state index in [9.17, 15) is 4.79 Å². The SMILES string of the molecule is CCC(C)NC(=O)Cc1oc(-c2ccccc2)nc1C. The molecule has 20 heavy (non-hydrogen) atoms. The first-order chi connectivity index (χ1) is 9.60. The van der Waals surface area contributed by atoms with Gasteiger partial charge in [0.1, 0.15) is 5.76 Å². The summed E-state index contributed by atoms with van der Waals surface area (Å²) in [7, 11) is 0. The van der Waals surface area contributed by atoms with Crippen molar-refractivity contribution in [2.45, 2.75) is 39.7 Å².